The molecule has 1 fully saturated rings. The zero-order chi connectivity index (χ0) is 27.2. The minimum Gasteiger partial charge on any atom is -0.359 e. The second kappa shape index (κ2) is 12.2. The first-order valence-corrected chi connectivity index (χ1v) is 13.6. The molecule has 9 nitrogen and oxygen atoms in total. The van der Waals surface area contributed by atoms with Crippen LogP contribution in [0.1, 0.15) is 24.6 Å². The van der Waals surface area contributed by atoms with Crippen molar-refractivity contribution >= 4 is 44.1 Å². The summed E-state index contributed by atoms with van der Waals surface area (Å²) in [6.07, 6.45) is 4.22. The first-order chi connectivity index (χ1) is 18.1. The van der Waals surface area contributed by atoms with E-state index in [-0.39, 0.29) is 67.5 Å². The van der Waals surface area contributed by atoms with Gasteiger partial charge >= 0.3 is 0 Å². The van der Waals surface area contributed by atoms with E-state index in [2.05, 4.69) is 20.0 Å². The molecule has 0 radical (unpaired) electrons. The summed E-state index contributed by atoms with van der Waals surface area (Å²) in [6, 6.07) is 9.71. The fraction of sp³-hybridized carbons (Fsp3) is 0.222. The summed E-state index contributed by atoms with van der Waals surface area (Å²) >= 11 is 5.97. The monoisotopic (exact) mass is 754 g/mol. The van der Waals surface area contributed by atoms with E-state index >= 15 is 0 Å². The number of anilines is 1. The normalized spacial score (nSPS) is 16.3. The van der Waals surface area contributed by atoms with E-state index in [1.165, 1.54) is 6.33 Å². The quantitative estimate of drug-likeness (QED) is 0.280. The average Bonchev–Trinajstić information content (AvgIpc) is 2.85. The predicted octanol–water partition coefficient (Wildman–Crippen LogP) is 4.51. The molecule has 0 saturated heterocycles. The van der Waals surface area contributed by atoms with E-state index in [1.807, 2.05) is 0 Å². The largest absolute Gasteiger partial charge is 0.359 e. The van der Waals surface area contributed by atoms with E-state index in [0.717, 1.165) is 18.2 Å². The minimum atomic E-state index is -4.13. The number of pyridine rings is 1. The van der Waals surface area contributed by atoms with Crippen LogP contribution in [0.15, 0.2) is 64.7 Å². The zero-order valence-corrected chi connectivity index (χ0v) is 26.3. The number of aromatic nitrogens is 3. The minimum absolute atomic E-state index is 0. The van der Waals surface area contributed by atoms with Gasteiger partial charge < -0.3 is 12.7 Å². The molecule has 4 aromatic rings. The molecule has 1 aliphatic carbocycles. The maximum Gasteiger partial charge on any atom is 0.263 e. The third-order valence-corrected chi connectivity index (χ3v) is 8.60. The zero-order valence-electron chi connectivity index (χ0n) is 21.8. The molecule has 0 bridgehead atoms. The molecular formula is C27H26ClFN5O4SW-. The van der Waals surface area contributed by atoms with E-state index in [1.54, 1.807) is 49.0 Å². The van der Waals surface area contributed by atoms with Gasteiger partial charge in [-0.05, 0) is 61.7 Å². The number of rotatable bonds is 6. The Morgan fingerprint density at radius 2 is 1.82 bits per heavy atom. The molecule has 1 amide bonds. The molecule has 40 heavy (non-hydrogen) atoms. The molecule has 13 heteroatoms. The van der Waals surface area contributed by atoms with Crippen LogP contribution in [0, 0.1) is 26.1 Å². The Labute approximate surface area is 250 Å². The average molecular weight is 755 g/mol. The summed E-state index contributed by atoms with van der Waals surface area (Å²) in [5.41, 5.74) is 2.13. The molecule has 2 N–H and O–H groups in total. The summed E-state index contributed by atoms with van der Waals surface area (Å²) in [5.74, 6) is -0.808. The number of amides is 1. The van der Waals surface area contributed by atoms with Crippen molar-refractivity contribution in [2.24, 2.45) is 5.92 Å². The van der Waals surface area contributed by atoms with Gasteiger partial charge in [-0.3, -0.25) is 23.9 Å². The second-order valence-corrected chi connectivity index (χ2v) is 11.2. The number of hydrogen-bond acceptors (Lipinski definition) is 6. The molecule has 2 aromatic heterocycles. The van der Waals surface area contributed by atoms with Crippen LogP contribution in [0.3, 0.4) is 0 Å². The van der Waals surface area contributed by atoms with Gasteiger partial charge in [-0.25, -0.2) is 17.8 Å². The van der Waals surface area contributed by atoms with E-state index in [4.69, 9.17) is 11.6 Å². The molecular weight excluding hydrogens is 729 g/mol. The Morgan fingerprint density at radius 1 is 1.10 bits per heavy atom. The van der Waals surface area contributed by atoms with E-state index in [9.17, 15) is 22.4 Å². The predicted molar refractivity (Wildman–Crippen MR) is 148 cm³/mol. The molecule has 2 aromatic carbocycles. The Morgan fingerprint density at radius 3 is 2.50 bits per heavy atom. The Balaban J connectivity index is 0.00000220. The van der Waals surface area contributed by atoms with Crippen LogP contribution in [-0.2, 0) is 35.9 Å². The fourth-order valence-corrected chi connectivity index (χ4v) is 6.14. The number of nitrogens with zero attached hydrogens (tertiary/aromatic N) is 3. The molecule has 0 aliphatic heterocycles. The summed E-state index contributed by atoms with van der Waals surface area (Å²) in [6.45, 7) is 1.64. The van der Waals surface area contributed by atoms with Gasteiger partial charge in [-0.2, -0.15) is 0 Å². The van der Waals surface area contributed by atoms with Crippen molar-refractivity contribution in [3.05, 3.63) is 89.3 Å². The van der Waals surface area contributed by atoms with Gasteiger partial charge in [-0.15, -0.1) is 0 Å². The van der Waals surface area contributed by atoms with Crippen molar-refractivity contribution < 1.29 is 38.7 Å². The number of aryl methyl sites for hydroxylation is 1. The number of benzene rings is 2. The van der Waals surface area contributed by atoms with Gasteiger partial charge in [0, 0.05) is 51.8 Å². The van der Waals surface area contributed by atoms with Gasteiger partial charge in [0.05, 0.1) is 33.6 Å². The van der Waals surface area contributed by atoms with Crippen LogP contribution in [0.25, 0.3) is 22.0 Å². The third-order valence-electron chi connectivity index (χ3n) is 6.75. The number of hydrogen-bond donors (Lipinski definition) is 2. The van der Waals surface area contributed by atoms with Crippen molar-refractivity contribution in [2.75, 3.05) is 11.8 Å². The standard InChI is InChI=1S/C26H23ClFN5O4S.CH3.W/c1-14-23(32-38(36,37)24-6-4-18(28)11-21(24)27)10-17(12-30-14)15-3-5-22-20(9-15)26(35)33(13-31-22)19-7-16(8-19)25(34)29-2;;/h3-6,9-13,16,19,32H,7-8H2,1-2H3,(H,29,34);1H3;/q;-1;. The summed E-state index contributed by atoms with van der Waals surface area (Å²) < 4.78 is 43.3. The Hall–Kier alpha value is -3.14. The first kappa shape index (κ1) is 31.4. The van der Waals surface area contributed by atoms with Crippen LogP contribution in [-0.4, -0.2) is 35.9 Å². The summed E-state index contributed by atoms with van der Waals surface area (Å²) in [4.78, 5) is 33.6. The smallest absolute Gasteiger partial charge is 0.263 e. The van der Waals surface area contributed by atoms with Crippen LogP contribution in [0.5, 0.6) is 0 Å². The van der Waals surface area contributed by atoms with Crippen LogP contribution < -0.4 is 15.6 Å². The van der Waals surface area contributed by atoms with E-state index in [0.29, 0.717) is 40.6 Å². The van der Waals surface area contributed by atoms with E-state index < -0.39 is 15.8 Å². The van der Waals surface area contributed by atoms with Crippen molar-refractivity contribution in [1.82, 2.24) is 19.9 Å². The van der Waals surface area contributed by atoms with Crippen molar-refractivity contribution in [3.8, 4) is 11.1 Å². The van der Waals surface area contributed by atoms with Crippen LogP contribution in [0.4, 0.5) is 10.1 Å². The summed E-state index contributed by atoms with van der Waals surface area (Å²) in [5, 5.41) is 2.79. The number of halogens is 2. The number of fused-ring (bicyclic) bond motifs is 1. The fourth-order valence-electron chi connectivity index (χ4n) is 4.50. The maximum atomic E-state index is 13.4. The molecule has 1 aliphatic rings. The van der Waals surface area contributed by atoms with Crippen molar-refractivity contribution in [1.29, 1.82) is 0 Å². The molecule has 5 rings (SSSR count). The number of sulfonamides is 1. The van der Waals surface area contributed by atoms with Gasteiger partial charge in [0.15, 0.2) is 0 Å². The molecule has 1 saturated carbocycles. The number of carbonyl (C=O) groups is 1. The SMILES string of the molecule is CNC(=O)C1CC(n2cnc3ccc(-c4cnc(C)c(NS(=O)(=O)c5ccc(F)cc5Cl)c4)cc3c2=O)C1.[CH3-].[W]. The Kier molecular flexibility index (Phi) is 9.54. The number of carbonyl (C=O) groups excluding carboxylic acids is 1. The molecule has 0 atom stereocenters. The molecule has 0 unspecified atom stereocenters. The number of nitrogens with one attached hydrogen (secondary N) is 2. The van der Waals surface area contributed by atoms with Crippen LogP contribution >= 0.6 is 11.6 Å². The molecule has 210 valence electrons. The van der Waals surface area contributed by atoms with Crippen molar-refractivity contribution in [3.63, 3.8) is 0 Å². The maximum absolute atomic E-state index is 13.4. The van der Waals surface area contributed by atoms with Gasteiger partial charge in [0.1, 0.15) is 10.7 Å². The molecule has 2 heterocycles. The summed E-state index contributed by atoms with van der Waals surface area (Å²) in [7, 11) is -2.54. The second-order valence-electron chi connectivity index (χ2n) is 9.16. The topological polar surface area (TPSA) is 123 Å². The third kappa shape index (κ3) is 5.96. The molecule has 0 spiro atoms. The Bertz CT molecular complexity index is 1760. The van der Waals surface area contributed by atoms with Gasteiger partial charge in [0.2, 0.25) is 5.91 Å². The first-order valence-electron chi connectivity index (χ1n) is 11.7. The van der Waals surface area contributed by atoms with Gasteiger partial charge in [-0.1, -0.05) is 17.7 Å². The van der Waals surface area contributed by atoms with Crippen molar-refractivity contribution in [2.45, 2.75) is 30.7 Å². The van der Waals surface area contributed by atoms with Gasteiger partial charge in [0.25, 0.3) is 15.6 Å². The van der Waals surface area contributed by atoms with Crippen LogP contribution in [0.2, 0.25) is 5.02 Å².